The quantitative estimate of drug-likeness (QED) is 0.225. The number of nitrogens with one attached hydrogen (secondary N) is 3. The van der Waals surface area contributed by atoms with E-state index in [1.807, 2.05) is 61.5 Å². The Hall–Kier alpha value is -3.80. The molecule has 3 N–H and O–H groups in total. The summed E-state index contributed by atoms with van der Waals surface area (Å²) in [5, 5.41) is 8.96. The van der Waals surface area contributed by atoms with E-state index < -0.39 is 0 Å². The van der Waals surface area contributed by atoms with Crippen LogP contribution in [-0.4, -0.2) is 25.0 Å². The lowest BCUT2D eigenvalue weighted by Gasteiger charge is -2.15. The van der Waals surface area contributed by atoms with Gasteiger partial charge in [0, 0.05) is 16.9 Å². The first kappa shape index (κ1) is 26.8. The third-order valence-electron chi connectivity index (χ3n) is 5.88. The van der Waals surface area contributed by atoms with Gasteiger partial charge in [0.1, 0.15) is 5.75 Å². The standard InChI is InChI=1S/C30H37N3O3/c1-3-4-5-6-10-20-36-28-18-16-26(17-19-28)31-22-29(34)33-27-15-11-14-25(21-27)30(35)32-23(2)24-12-8-7-9-13-24/h7-9,11-19,21,23,31H,3-6,10,20,22H2,1-2H3,(H,32,35)(H,33,34). The zero-order chi connectivity index (χ0) is 25.6. The largest absolute Gasteiger partial charge is 0.494 e. The summed E-state index contributed by atoms with van der Waals surface area (Å²) < 4.78 is 5.79. The van der Waals surface area contributed by atoms with E-state index in [1.165, 1.54) is 25.7 Å². The summed E-state index contributed by atoms with van der Waals surface area (Å²) in [5.74, 6) is 0.443. The summed E-state index contributed by atoms with van der Waals surface area (Å²) in [6, 6.07) is 24.2. The van der Waals surface area contributed by atoms with Gasteiger partial charge in [0.2, 0.25) is 5.91 Å². The zero-order valence-electron chi connectivity index (χ0n) is 21.3. The van der Waals surface area contributed by atoms with Crippen molar-refractivity contribution in [3.05, 3.63) is 90.0 Å². The van der Waals surface area contributed by atoms with E-state index in [1.54, 1.807) is 24.3 Å². The number of ether oxygens (including phenoxy) is 1. The lowest BCUT2D eigenvalue weighted by Crippen LogP contribution is -2.27. The van der Waals surface area contributed by atoms with Crippen LogP contribution >= 0.6 is 0 Å². The second kappa shape index (κ2) is 14.6. The van der Waals surface area contributed by atoms with Crippen LogP contribution in [0.4, 0.5) is 11.4 Å². The van der Waals surface area contributed by atoms with Crippen molar-refractivity contribution in [2.24, 2.45) is 0 Å². The Morgan fingerprint density at radius 1 is 0.833 bits per heavy atom. The van der Waals surface area contributed by atoms with Crippen molar-refractivity contribution in [2.75, 3.05) is 23.8 Å². The molecule has 0 spiro atoms. The third-order valence-corrected chi connectivity index (χ3v) is 5.88. The van der Waals surface area contributed by atoms with Gasteiger partial charge in [-0.05, 0) is 61.4 Å². The van der Waals surface area contributed by atoms with E-state index in [-0.39, 0.29) is 24.4 Å². The molecular formula is C30H37N3O3. The molecule has 6 heteroatoms. The van der Waals surface area contributed by atoms with Gasteiger partial charge in [-0.2, -0.15) is 0 Å². The van der Waals surface area contributed by atoms with Gasteiger partial charge < -0.3 is 20.7 Å². The number of hydrogen-bond acceptors (Lipinski definition) is 4. The van der Waals surface area contributed by atoms with Crippen molar-refractivity contribution in [1.82, 2.24) is 5.32 Å². The van der Waals surface area contributed by atoms with Crippen molar-refractivity contribution in [3.63, 3.8) is 0 Å². The lowest BCUT2D eigenvalue weighted by molar-refractivity contribution is -0.114. The second-order valence-electron chi connectivity index (χ2n) is 8.88. The molecule has 0 aromatic heterocycles. The summed E-state index contributed by atoms with van der Waals surface area (Å²) in [4.78, 5) is 25.1. The van der Waals surface area contributed by atoms with Crippen LogP contribution in [-0.2, 0) is 4.79 Å². The minimum atomic E-state index is -0.197. The van der Waals surface area contributed by atoms with Crippen LogP contribution in [0.1, 0.15) is 67.9 Å². The van der Waals surface area contributed by atoms with E-state index >= 15 is 0 Å². The van der Waals surface area contributed by atoms with Gasteiger partial charge in [-0.3, -0.25) is 9.59 Å². The molecule has 0 saturated heterocycles. The fraction of sp³-hybridized carbons (Fsp3) is 0.333. The topological polar surface area (TPSA) is 79.5 Å². The first-order valence-electron chi connectivity index (χ1n) is 12.8. The Morgan fingerprint density at radius 3 is 2.33 bits per heavy atom. The van der Waals surface area contributed by atoms with Crippen LogP contribution in [0, 0.1) is 0 Å². The predicted octanol–water partition coefficient (Wildman–Crippen LogP) is 6.58. The highest BCUT2D eigenvalue weighted by molar-refractivity contribution is 5.98. The average molecular weight is 488 g/mol. The van der Waals surface area contributed by atoms with Crippen LogP contribution in [0.3, 0.4) is 0 Å². The molecule has 3 rings (SSSR count). The molecule has 6 nitrogen and oxygen atoms in total. The van der Waals surface area contributed by atoms with E-state index in [0.717, 1.165) is 30.0 Å². The van der Waals surface area contributed by atoms with Crippen LogP contribution in [0.15, 0.2) is 78.9 Å². The Bertz CT molecular complexity index is 1080. The number of anilines is 2. The molecule has 0 aliphatic carbocycles. The molecule has 3 aromatic rings. The lowest BCUT2D eigenvalue weighted by atomic mass is 10.1. The Labute approximate surface area is 214 Å². The van der Waals surface area contributed by atoms with E-state index in [9.17, 15) is 9.59 Å². The fourth-order valence-electron chi connectivity index (χ4n) is 3.80. The summed E-state index contributed by atoms with van der Waals surface area (Å²) >= 11 is 0. The molecule has 0 aliphatic rings. The second-order valence-corrected chi connectivity index (χ2v) is 8.88. The van der Waals surface area contributed by atoms with Gasteiger partial charge in [-0.1, -0.05) is 69.0 Å². The molecule has 36 heavy (non-hydrogen) atoms. The van der Waals surface area contributed by atoms with Gasteiger partial charge in [0.25, 0.3) is 5.91 Å². The summed E-state index contributed by atoms with van der Waals surface area (Å²) in [6.45, 7) is 4.99. The molecule has 1 atom stereocenters. The minimum absolute atomic E-state index is 0.110. The molecule has 0 aliphatic heterocycles. The molecule has 190 valence electrons. The Balaban J connectivity index is 1.42. The van der Waals surface area contributed by atoms with Crippen molar-refractivity contribution in [3.8, 4) is 5.75 Å². The van der Waals surface area contributed by atoms with Crippen molar-refractivity contribution < 1.29 is 14.3 Å². The number of amides is 2. The normalized spacial score (nSPS) is 11.4. The number of carbonyl (C=O) groups is 2. The molecular weight excluding hydrogens is 450 g/mol. The minimum Gasteiger partial charge on any atom is -0.494 e. The SMILES string of the molecule is CCCCCCCOc1ccc(NCC(=O)Nc2cccc(C(=O)NC(C)c3ccccc3)c2)cc1. The maximum Gasteiger partial charge on any atom is 0.251 e. The third kappa shape index (κ3) is 9.10. The molecule has 0 saturated carbocycles. The highest BCUT2D eigenvalue weighted by Gasteiger charge is 2.12. The number of benzene rings is 3. The zero-order valence-corrected chi connectivity index (χ0v) is 21.3. The van der Waals surface area contributed by atoms with Crippen molar-refractivity contribution in [2.45, 2.75) is 52.0 Å². The number of unbranched alkanes of at least 4 members (excludes halogenated alkanes) is 4. The number of hydrogen-bond donors (Lipinski definition) is 3. The fourth-order valence-corrected chi connectivity index (χ4v) is 3.80. The summed E-state index contributed by atoms with van der Waals surface area (Å²) in [5.41, 5.74) is 2.93. The highest BCUT2D eigenvalue weighted by Crippen LogP contribution is 2.17. The van der Waals surface area contributed by atoms with Crippen LogP contribution in [0.25, 0.3) is 0 Å². The maximum absolute atomic E-state index is 12.7. The molecule has 0 fully saturated rings. The van der Waals surface area contributed by atoms with Crippen LogP contribution < -0.4 is 20.7 Å². The maximum atomic E-state index is 12.7. The molecule has 1 unspecified atom stereocenters. The smallest absolute Gasteiger partial charge is 0.251 e. The van der Waals surface area contributed by atoms with E-state index in [4.69, 9.17) is 4.74 Å². The van der Waals surface area contributed by atoms with Gasteiger partial charge >= 0.3 is 0 Å². The predicted molar refractivity (Wildman–Crippen MR) is 147 cm³/mol. The molecule has 0 radical (unpaired) electrons. The highest BCUT2D eigenvalue weighted by atomic mass is 16.5. The number of rotatable bonds is 14. The number of carbonyl (C=O) groups excluding carboxylic acids is 2. The van der Waals surface area contributed by atoms with Gasteiger partial charge in [-0.15, -0.1) is 0 Å². The van der Waals surface area contributed by atoms with Crippen LogP contribution in [0.5, 0.6) is 5.75 Å². The monoisotopic (exact) mass is 487 g/mol. The molecule has 0 bridgehead atoms. The molecule has 0 heterocycles. The molecule has 2 amide bonds. The first-order valence-corrected chi connectivity index (χ1v) is 12.8. The van der Waals surface area contributed by atoms with Gasteiger partial charge in [-0.25, -0.2) is 0 Å². The van der Waals surface area contributed by atoms with E-state index in [2.05, 4.69) is 22.9 Å². The average Bonchev–Trinajstić information content (AvgIpc) is 2.90. The van der Waals surface area contributed by atoms with Crippen LogP contribution in [0.2, 0.25) is 0 Å². The summed E-state index contributed by atoms with van der Waals surface area (Å²) in [6.07, 6.45) is 6.04. The first-order chi connectivity index (χ1) is 17.5. The van der Waals surface area contributed by atoms with Crippen molar-refractivity contribution in [1.29, 1.82) is 0 Å². The summed E-state index contributed by atoms with van der Waals surface area (Å²) in [7, 11) is 0. The van der Waals surface area contributed by atoms with Gasteiger partial charge in [0.15, 0.2) is 0 Å². The van der Waals surface area contributed by atoms with E-state index in [0.29, 0.717) is 11.3 Å². The van der Waals surface area contributed by atoms with Gasteiger partial charge in [0.05, 0.1) is 19.2 Å². The Morgan fingerprint density at radius 2 is 1.58 bits per heavy atom. The Kier molecular flexibility index (Phi) is 10.8. The van der Waals surface area contributed by atoms with Crippen molar-refractivity contribution >= 4 is 23.2 Å². The molecule has 3 aromatic carbocycles.